The van der Waals surface area contributed by atoms with Crippen molar-refractivity contribution in [1.82, 2.24) is 9.78 Å². The predicted molar refractivity (Wildman–Crippen MR) is 117 cm³/mol. The van der Waals surface area contributed by atoms with Crippen molar-refractivity contribution >= 4 is 17.9 Å². The number of nitrogens with zero attached hydrogens (tertiary/aromatic N) is 2. The van der Waals surface area contributed by atoms with Crippen LogP contribution in [-0.4, -0.2) is 47.5 Å². The summed E-state index contributed by atoms with van der Waals surface area (Å²) in [6.07, 6.45) is 0. The number of carbonyl (C=O) groups excluding carboxylic acids is 3. The second kappa shape index (κ2) is 9.05. The Morgan fingerprint density at radius 3 is 2.00 bits per heavy atom. The number of hydrogen-bond donors (Lipinski definition) is 0. The van der Waals surface area contributed by atoms with E-state index < -0.39 is 23.5 Å². The van der Waals surface area contributed by atoms with Crippen LogP contribution >= 0.6 is 0 Å². The molecule has 0 aliphatic rings. The largest absolute Gasteiger partial charge is 0.465 e. The normalized spacial score (nSPS) is 11.0. The second-order valence-corrected chi connectivity index (χ2v) is 7.85. The first kappa shape index (κ1) is 22.7. The topological polar surface area (TPSA) is 96.7 Å². The van der Waals surface area contributed by atoms with Crippen molar-refractivity contribution in [2.24, 2.45) is 0 Å². The highest BCUT2D eigenvalue weighted by molar-refractivity contribution is 6.08. The molecular formula is C24H24N2O6. The lowest BCUT2D eigenvalue weighted by Crippen LogP contribution is -2.24. The van der Waals surface area contributed by atoms with E-state index in [4.69, 9.17) is 14.2 Å². The van der Waals surface area contributed by atoms with E-state index in [-0.39, 0.29) is 22.5 Å². The third kappa shape index (κ3) is 4.54. The monoisotopic (exact) mass is 436 g/mol. The fourth-order valence-corrected chi connectivity index (χ4v) is 3.14. The van der Waals surface area contributed by atoms with Gasteiger partial charge in [-0.05, 0) is 39.0 Å². The van der Waals surface area contributed by atoms with Gasteiger partial charge in [0.15, 0.2) is 5.69 Å². The molecule has 32 heavy (non-hydrogen) atoms. The van der Waals surface area contributed by atoms with Gasteiger partial charge in [0, 0.05) is 5.56 Å². The van der Waals surface area contributed by atoms with Crippen LogP contribution in [0.1, 0.15) is 52.0 Å². The number of methoxy groups -OCH3 is 2. The van der Waals surface area contributed by atoms with E-state index in [1.807, 2.05) is 6.07 Å². The van der Waals surface area contributed by atoms with E-state index in [0.717, 1.165) is 0 Å². The molecule has 0 saturated heterocycles. The van der Waals surface area contributed by atoms with Crippen LogP contribution in [0.2, 0.25) is 0 Å². The first-order valence-corrected chi connectivity index (χ1v) is 9.85. The van der Waals surface area contributed by atoms with Crippen molar-refractivity contribution < 1.29 is 28.6 Å². The van der Waals surface area contributed by atoms with Gasteiger partial charge >= 0.3 is 17.9 Å². The van der Waals surface area contributed by atoms with Crippen LogP contribution in [-0.2, 0) is 14.2 Å². The highest BCUT2D eigenvalue weighted by atomic mass is 16.6. The van der Waals surface area contributed by atoms with Gasteiger partial charge in [-0.25, -0.2) is 19.1 Å². The van der Waals surface area contributed by atoms with Crippen molar-refractivity contribution in [3.63, 3.8) is 0 Å². The molecule has 8 nitrogen and oxygen atoms in total. The van der Waals surface area contributed by atoms with Gasteiger partial charge in [0.2, 0.25) is 0 Å². The summed E-state index contributed by atoms with van der Waals surface area (Å²) in [5.41, 5.74) is 0.194. The highest BCUT2D eigenvalue weighted by Gasteiger charge is 2.33. The van der Waals surface area contributed by atoms with E-state index in [1.165, 1.54) is 18.9 Å². The van der Waals surface area contributed by atoms with Gasteiger partial charge in [0.25, 0.3) is 0 Å². The highest BCUT2D eigenvalue weighted by Crippen LogP contribution is 2.32. The maximum atomic E-state index is 12.9. The molecule has 1 aromatic heterocycles. The lowest BCUT2D eigenvalue weighted by Gasteiger charge is -2.20. The summed E-state index contributed by atoms with van der Waals surface area (Å²) >= 11 is 0. The Morgan fingerprint density at radius 2 is 1.41 bits per heavy atom. The fraction of sp³-hybridized carbons (Fsp3) is 0.250. The Labute approximate surface area is 185 Å². The van der Waals surface area contributed by atoms with Crippen LogP contribution < -0.4 is 0 Å². The molecule has 166 valence electrons. The van der Waals surface area contributed by atoms with Gasteiger partial charge in [0.1, 0.15) is 16.9 Å². The lowest BCUT2D eigenvalue weighted by molar-refractivity contribution is 0.00699. The van der Waals surface area contributed by atoms with Crippen molar-refractivity contribution in [3.05, 3.63) is 71.4 Å². The molecule has 0 amide bonds. The molecule has 1 heterocycles. The Hall–Kier alpha value is -3.94. The van der Waals surface area contributed by atoms with Gasteiger partial charge < -0.3 is 14.2 Å². The van der Waals surface area contributed by atoms with Gasteiger partial charge in [-0.2, -0.15) is 5.10 Å². The molecule has 0 saturated carbocycles. The minimum Gasteiger partial charge on any atom is -0.465 e. The molecule has 3 aromatic rings. The molecule has 0 N–H and O–H groups in total. The molecular weight excluding hydrogens is 412 g/mol. The fourth-order valence-electron chi connectivity index (χ4n) is 3.14. The summed E-state index contributed by atoms with van der Waals surface area (Å²) in [6.45, 7) is 5.27. The maximum absolute atomic E-state index is 12.9. The first-order chi connectivity index (χ1) is 15.2. The van der Waals surface area contributed by atoms with E-state index in [9.17, 15) is 14.4 Å². The van der Waals surface area contributed by atoms with Gasteiger partial charge in [-0.15, -0.1) is 0 Å². The standard InChI is InChI=1S/C24H24N2O6/c1-24(2,3)32-21(27)17-14-10-9-13-16(17)19-18(22(28)30-4)20(23(29)31-5)26(25-19)15-11-7-6-8-12-15/h6-14H,1-5H3. The number of benzene rings is 2. The number of aromatic nitrogens is 2. The zero-order valence-corrected chi connectivity index (χ0v) is 18.5. The second-order valence-electron chi connectivity index (χ2n) is 7.85. The zero-order chi connectivity index (χ0) is 23.5. The molecule has 3 rings (SSSR count). The van der Waals surface area contributed by atoms with E-state index in [1.54, 1.807) is 69.3 Å². The SMILES string of the molecule is COC(=O)c1c(-c2ccccc2C(=O)OC(C)(C)C)nn(-c2ccccc2)c1C(=O)OC. The number of carbonyl (C=O) groups is 3. The number of hydrogen-bond acceptors (Lipinski definition) is 7. The Kier molecular flexibility index (Phi) is 6.43. The van der Waals surface area contributed by atoms with Crippen LogP contribution in [0, 0.1) is 0 Å². The third-order valence-electron chi connectivity index (χ3n) is 4.46. The Bertz CT molecular complexity index is 1160. The van der Waals surface area contributed by atoms with Crippen molar-refractivity contribution in [3.8, 4) is 16.9 Å². The van der Waals surface area contributed by atoms with Crippen LogP contribution in [0.3, 0.4) is 0 Å². The molecule has 8 heteroatoms. The summed E-state index contributed by atoms with van der Waals surface area (Å²) < 4.78 is 16.7. The number of para-hydroxylation sites is 1. The number of rotatable bonds is 5. The summed E-state index contributed by atoms with van der Waals surface area (Å²) in [7, 11) is 2.41. The van der Waals surface area contributed by atoms with Gasteiger partial charge in [0.05, 0.1) is 25.5 Å². The predicted octanol–water partition coefficient (Wildman–Crippen LogP) is 4.07. The first-order valence-electron chi connectivity index (χ1n) is 9.85. The van der Waals surface area contributed by atoms with Gasteiger partial charge in [-0.1, -0.05) is 36.4 Å². The van der Waals surface area contributed by atoms with E-state index >= 15 is 0 Å². The molecule has 0 bridgehead atoms. The van der Waals surface area contributed by atoms with Gasteiger partial charge in [-0.3, -0.25) is 0 Å². The smallest absolute Gasteiger partial charge is 0.357 e. The lowest BCUT2D eigenvalue weighted by atomic mass is 10.00. The third-order valence-corrected chi connectivity index (χ3v) is 4.46. The molecule has 0 spiro atoms. The van der Waals surface area contributed by atoms with Crippen LogP contribution in [0.4, 0.5) is 0 Å². The Morgan fingerprint density at radius 1 is 0.812 bits per heavy atom. The van der Waals surface area contributed by atoms with E-state index in [2.05, 4.69) is 5.10 Å². The zero-order valence-electron chi connectivity index (χ0n) is 18.5. The molecule has 0 radical (unpaired) electrons. The summed E-state index contributed by atoms with van der Waals surface area (Å²) in [5.74, 6) is -2.15. The Balaban J connectivity index is 2.33. The van der Waals surface area contributed by atoms with Crippen LogP contribution in [0.5, 0.6) is 0 Å². The average molecular weight is 436 g/mol. The molecule has 0 aliphatic carbocycles. The molecule has 0 atom stereocenters. The van der Waals surface area contributed by atoms with Crippen LogP contribution in [0.25, 0.3) is 16.9 Å². The molecule has 0 unspecified atom stereocenters. The molecule has 0 aliphatic heterocycles. The minimum atomic E-state index is -0.790. The summed E-state index contributed by atoms with van der Waals surface area (Å²) in [5, 5.41) is 4.54. The van der Waals surface area contributed by atoms with Crippen molar-refractivity contribution in [1.29, 1.82) is 0 Å². The summed E-state index contributed by atoms with van der Waals surface area (Å²) in [4.78, 5) is 38.4. The van der Waals surface area contributed by atoms with Crippen LogP contribution in [0.15, 0.2) is 54.6 Å². The molecule has 0 fully saturated rings. The van der Waals surface area contributed by atoms with Crippen molar-refractivity contribution in [2.45, 2.75) is 26.4 Å². The molecule has 2 aromatic carbocycles. The number of ether oxygens (including phenoxy) is 3. The average Bonchev–Trinajstić information content (AvgIpc) is 3.18. The quantitative estimate of drug-likeness (QED) is 0.439. The van der Waals surface area contributed by atoms with Crippen molar-refractivity contribution in [2.75, 3.05) is 14.2 Å². The maximum Gasteiger partial charge on any atom is 0.357 e. The minimum absolute atomic E-state index is 0.0996. The summed E-state index contributed by atoms with van der Waals surface area (Å²) in [6, 6.07) is 15.4. The number of esters is 3. The van der Waals surface area contributed by atoms with E-state index in [0.29, 0.717) is 11.3 Å².